The molecule has 210 valence electrons. The molecule has 2 aliphatic heterocycles. The van der Waals surface area contributed by atoms with Crippen molar-refractivity contribution in [2.24, 2.45) is 11.3 Å². The molecule has 0 radical (unpaired) electrons. The van der Waals surface area contributed by atoms with Gasteiger partial charge in [-0.15, -0.1) is 0 Å². The molecule has 4 rings (SSSR count). The Morgan fingerprint density at radius 2 is 1.76 bits per heavy atom. The molecule has 0 saturated carbocycles. The summed E-state index contributed by atoms with van der Waals surface area (Å²) in [5, 5.41) is 17.3. The fraction of sp³-hybridized carbons (Fsp3) is 0.455. The van der Waals surface area contributed by atoms with E-state index >= 15 is 0 Å². The molecule has 2 aromatic heterocycles. The van der Waals surface area contributed by atoms with Crippen molar-refractivity contribution < 1.29 is 60.1 Å². The second-order valence-corrected chi connectivity index (χ2v) is 8.21. The number of hydrogen-bond donors (Lipinski definition) is 3. The number of hydrogen-bond acceptors (Lipinski definition) is 7. The number of pyridine rings is 1. The molecule has 0 aliphatic carbocycles. The van der Waals surface area contributed by atoms with E-state index in [1.165, 1.54) is 0 Å². The van der Waals surface area contributed by atoms with Gasteiger partial charge in [0.2, 0.25) is 5.91 Å². The van der Waals surface area contributed by atoms with Crippen molar-refractivity contribution in [3.8, 4) is 5.75 Å². The van der Waals surface area contributed by atoms with Crippen molar-refractivity contribution in [2.75, 3.05) is 26.2 Å². The van der Waals surface area contributed by atoms with Gasteiger partial charge < -0.3 is 24.7 Å². The number of aliphatic carboxylic acids is 2. The topological polar surface area (TPSA) is 142 Å². The number of rotatable bonds is 5. The molecular formula is C22H23F6N3O7. The van der Waals surface area contributed by atoms with Crippen molar-refractivity contribution in [2.45, 2.75) is 25.3 Å². The first-order chi connectivity index (χ1) is 17.6. The second-order valence-electron chi connectivity index (χ2n) is 8.21. The highest BCUT2D eigenvalue weighted by Crippen LogP contribution is 2.42. The van der Waals surface area contributed by atoms with Crippen LogP contribution in [0.5, 0.6) is 5.75 Å². The average Bonchev–Trinajstić information content (AvgIpc) is 3.56. The van der Waals surface area contributed by atoms with Gasteiger partial charge in [0, 0.05) is 25.2 Å². The lowest BCUT2D eigenvalue weighted by molar-refractivity contribution is -0.193. The zero-order chi connectivity index (χ0) is 28.6. The van der Waals surface area contributed by atoms with Crippen molar-refractivity contribution in [1.29, 1.82) is 0 Å². The van der Waals surface area contributed by atoms with Gasteiger partial charge in [0.1, 0.15) is 11.5 Å². The Kier molecular flexibility index (Phi) is 10.1. The van der Waals surface area contributed by atoms with E-state index in [2.05, 4.69) is 15.2 Å². The third-order valence-electron chi connectivity index (χ3n) is 5.65. The van der Waals surface area contributed by atoms with Gasteiger partial charge in [-0.1, -0.05) is 0 Å². The third-order valence-corrected chi connectivity index (χ3v) is 5.65. The number of halogens is 6. The van der Waals surface area contributed by atoms with Crippen LogP contribution in [0.15, 0.2) is 47.3 Å². The van der Waals surface area contributed by atoms with Gasteiger partial charge in [0.05, 0.1) is 31.0 Å². The highest BCUT2D eigenvalue weighted by Gasteiger charge is 2.54. The maximum atomic E-state index is 12.5. The first kappa shape index (κ1) is 30.4. The molecule has 1 spiro atoms. The molecule has 2 atom stereocenters. The first-order valence-electron chi connectivity index (χ1n) is 10.8. The van der Waals surface area contributed by atoms with Crippen LogP contribution in [-0.4, -0.2) is 76.5 Å². The lowest BCUT2D eigenvalue weighted by Crippen LogP contribution is -2.40. The summed E-state index contributed by atoms with van der Waals surface area (Å²) in [7, 11) is 0. The SMILES string of the molecule is O=C(O)C(F)(F)F.O=C(O)C(F)(F)F.O=C1NC[C@H](COc2cccnc2)[C@]12CCN(Cc1ccco1)C2. The number of carboxylic acids is 2. The minimum absolute atomic E-state index is 0.157. The van der Waals surface area contributed by atoms with Crippen LogP contribution in [0.3, 0.4) is 0 Å². The van der Waals surface area contributed by atoms with E-state index in [9.17, 15) is 31.1 Å². The number of nitrogens with zero attached hydrogens (tertiary/aromatic N) is 2. The summed E-state index contributed by atoms with van der Waals surface area (Å²) in [5.74, 6) is -3.50. The largest absolute Gasteiger partial charge is 0.492 e. The van der Waals surface area contributed by atoms with E-state index in [-0.39, 0.29) is 17.2 Å². The van der Waals surface area contributed by atoms with Gasteiger partial charge in [-0.2, -0.15) is 26.3 Å². The van der Waals surface area contributed by atoms with Crippen LogP contribution in [0.4, 0.5) is 26.3 Å². The van der Waals surface area contributed by atoms with E-state index < -0.39 is 24.3 Å². The molecule has 4 heterocycles. The van der Waals surface area contributed by atoms with Crippen LogP contribution in [-0.2, 0) is 20.9 Å². The molecule has 38 heavy (non-hydrogen) atoms. The Balaban J connectivity index is 0.000000301. The monoisotopic (exact) mass is 555 g/mol. The van der Waals surface area contributed by atoms with Crippen LogP contribution in [0.25, 0.3) is 0 Å². The predicted molar refractivity (Wildman–Crippen MR) is 115 cm³/mol. The summed E-state index contributed by atoms with van der Waals surface area (Å²) < 4.78 is 74.8. The molecule has 3 N–H and O–H groups in total. The number of ether oxygens (including phenoxy) is 1. The van der Waals surface area contributed by atoms with Crippen molar-refractivity contribution in [3.63, 3.8) is 0 Å². The predicted octanol–water partition coefficient (Wildman–Crippen LogP) is 2.96. The lowest BCUT2D eigenvalue weighted by atomic mass is 9.77. The van der Waals surface area contributed by atoms with Crippen molar-refractivity contribution in [1.82, 2.24) is 15.2 Å². The number of carbonyl (C=O) groups is 3. The Hall–Kier alpha value is -3.82. The van der Waals surface area contributed by atoms with E-state index in [1.54, 1.807) is 18.7 Å². The molecule has 0 unspecified atom stereocenters. The van der Waals surface area contributed by atoms with Gasteiger partial charge in [-0.05, 0) is 37.2 Å². The standard InChI is InChI=1S/C18H21N3O3.2C2HF3O2/c22-17-18(5-7-21(13-18)11-16-4-2-8-23-16)14(9-20-17)12-24-15-3-1-6-19-10-15;2*3-2(4,5)1(6)7/h1-4,6,8,10,14H,5,7,9,11-13H2,(H,20,22);2*(H,6,7)/t14-,18-;;/m1../s1. The molecule has 2 fully saturated rings. The molecular weight excluding hydrogens is 532 g/mol. The molecule has 0 aromatic carbocycles. The summed E-state index contributed by atoms with van der Waals surface area (Å²) in [5.41, 5.74) is -0.352. The van der Waals surface area contributed by atoms with E-state index in [1.807, 2.05) is 24.3 Å². The lowest BCUT2D eigenvalue weighted by Gasteiger charge is -2.28. The van der Waals surface area contributed by atoms with Crippen LogP contribution in [0.2, 0.25) is 0 Å². The number of nitrogens with one attached hydrogen (secondary N) is 1. The number of carbonyl (C=O) groups excluding carboxylic acids is 1. The Morgan fingerprint density at radius 1 is 1.13 bits per heavy atom. The normalized spacial score (nSPS) is 21.1. The summed E-state index contributed by atoms with van der Waals surface area (Å²) in [6.45, 7) is 3.60. The maximum absolute atomic E-state index is 12.5. The molecule has 16 heteroatoms. The van der Waals surface area contributed by atoms with Gasteiger partial charge >= 0.3 is 24.3 Å². The van der Waals surface area contributed by atoms with Gasteiger partial charge in [-0.3, -0.25) is 14.7 Å². The quantitative estimate of drug-likeness (QED) is 0.475. The van der Waals surface area contributed by atoms with Crippen LogP contribution < -0.4 is 10.1 Å². The van der Waals surface area contributed by atoms with Crippen LogP contribution in [0.1, 0.15) is 12.2 Å². The summed E-state index contributed by atoms with van der Waals surface area (Å²) in [6, 6.07) is 7.61. The fourth-order valence-electron chi connectivity index (χ4n) is 3.81. The highest BCUT2D eigenvalue weighted by atomic mass is 19.4. The van der Waals surface area contributed by atoms with Crippen LogP contribution >= 0.6 is 0 Å². The zero-order valence-electron chi connectivity index (χ0n) is 19.5. The van der Waals surface area contributed by atoms with Gasteiger partial charge in [-0.25, -0.2) is 9.59 Å². The molecule has 2 aliphatic rings. The summed E-state index contributed by atoms with van der Waals surface area (Å²) in [6.07, 6.45) is -4.19. The van der Waals surface area contributed by atoms with E-state index in [0.29, 0.717) is 13.2 Å². The number of carboxylic acid groups (broad SMARTS) is 2. The van der Waals surface area contributed by atoms with Gasteiger partial charge in [0.15, 0.2) is 0 Å². The smallest absolute Gasteiger partial charge is 0.490 e. The number of alkyl halides is 6. The number of likely N-dealkylation sites (tertiary alicyclic amines) is 1. The molecule has 2 saturated heterocycles. The van der Waals surface area contributed by atoms with Crippen molar-refractivity contribution in [3.05, 3.63) is 48.7 Å². The number of aromatic nitrogens is 1. The number of amides is 1. The molecule has 2 aromatic rings. The Bertz CT molecular complexity index is 1040. The molecule has 1 amide bonds. The molecule has 0 bridgehead atoms. The average molecular weight is 555 g/mol. The van der Waals surface area contributed by atoms with Gasteiger partial charge in [0.25, 0.3) is 0 Å². The van der Waals surface area contributed by atoms with Crippen LogP contribution in [0, 0.1) is 11.3 Å². The summed E-state index contributed by atoms with van der Waals surface area (Å²) >= 11 is 0. The minimum Gasteiger partial charge on any atom is -0.492 e. The third kappa shape index (κ3) is 8.64. The number of furan rings is 1. The zero-order valence-corrected chi connectivity index (χ0v) is 19.5. The fourth-order valence-corrected chi connectivity index (χ4v) is 3.81. The Labute approximate surface area is 211 Å². The van der Waals surface area contributed by atoms with E-state index in [4.69, 9.17) is 29.0 Å². The highest BCUT2D eigenvalue weighted by molar-refractivity contribution is 5.86. The minimum atomic E-state index is -5.08. The first-order valence-corrected chi connectivity index (χ1v) is 10.8. The summed E-state index contributed by atoms with van der Waals surface area (Å²) in [4.78, 5) is 36.7. The second kappa shape index (κ2) is 12.6. The van der Waals surface area contributed by atoms with Crippen molar-refractivity contribution >= 4 is 17.8 Å². The van der Waals surface area contributed by atoms with E-state index in [0.717, 1.165) is 37.6 Å². The molecule has 10 nitrogen and oxygen atoms in total. The Morgan fingerprint density at radius 3 is 2.26 bits per heavy atom. The maximum Gasteiger partial charge on any atom is 0.490 e.